The predicted octanol–water partition coefficient (Wildman–Crippen LogP) is 1.57. The molecule has 4 amide bonds. The minimum absolute atomic E-state index is 0.0370. The summed E-state index contributed by atoms with van der Waals surface area (Å²) in [6, 6.07) is 9.40. The number of anilines is 1. The standard InChI is InChI=1S/C23H33N5O3/c29-21(27-15-13-26(14-16-27)19-9-5-2-6-10-19)17-20-22(30)24-11-12-28(20)23(31)25-18-7-3-1-4-8-18/h2,5-6,9-10,18,20H,1,3-4,7-8,11-17H2,(H,24,30)(H,25,31)/t20-/m0/s1. The van der Waals surface area contributed by atoms with Gasteiger partial charge in [0.1, 0.15) is 6.04 Å². The number of hydrogen-bond acceptors (Lipinski definition) is 4. The second-order valence-electron chi connectivity index (χ2n) is 8.69. The number of rotatable bonds is 4. The van der Waals surface area contributed by atoms with Crippen molar-refractivity contribution < 1.29 is 14.4 Å². The van der Waals surface area contributed by atoms with Crippen LogP contribution in [-0.2, 0) is 9.59 Å². The van der Waals surface area contributed by atoms with Gasteiger partial charge in [0.05, 0.1) is 6.42 Å². The summed E-state index contributed by atoms with van der Waals surface area (Å²) in [5, 5.41) is 5.91. The average Bonchev–Trinajstić information content (AvgIpc) is 2.81. The fraction of sp³-hybridized carbons (Fsp3) is 0.609. The van der Waals surface area contributed by atoms with E-state index < -0.39 is 6.04 Å². The number of carbonyl (C=O) groups is 3. The van der Waals surface area contributed by atoms with Crippen LogP contribution in [0, 0.1) is 0 Å². The van der Waals surface area contributed by atoms with Gasteiger partial charge in [0.25, 0.3) is 0 Å². The highest BCUT2D eigenvalue weighted by molar-refractivity contribution is 5.92. The molecule has 1 saturated carbocycles. The van der Waals surface area contributed by atoms with Crippen molar-refractivity contribution in [3.63, 3.8) is 0 Å². The molecule has 2 N–H and O–H groups in total. The molecular weight excluding hydrogens is 394 g/mol. The van der Waals surface area contributed by atoms with Gasteiger partial charge in [-0.05, 0) is 25.0 Å². The summed E-state index contributed by atoms with van der Waals surface area (Å²) < 4.78 is 0. The Morgan fingerprint density at radius 3 is 2.39 bits per heavy atom. The zero-order valence-electron chi connectivity index (χ0n) is 18.1. The molecule has 2 saturated heterocycles. The summed E-state index contributed by atoms with van der Waals surface area (Å²) in [4.78, 5) is 44.1. The zero-order valence-corrected chi connectivity index (χ0v) is 18.1. The zero-order chi connectivity index (χ0) is 21.6. The van der Waals surface area contributed by atoms with Crippen molar-refractivity contribution in [2.24, 2.45) is 0 Å². The molecule has 0 unspecified atom stereocenters. The van der Waals surface area contributed by atoms with Gasteiger partial charge in [-0.1, -0.05) is 37.5 Å². The lowest BCUT2D eigenvalue weighted by Gasteiger charge is -2.39. The quantitative estimate of drug-likeness (QED) is 0.764. The number of hydrogen-bond donors (Lipinski definition) is 2. The Morgan fingerprint density at radius 2 is 1.68 bits per heavy atom. The maximum atomic E-state index is 13.0. The molecule has 1 aliphatic carbocycles. The fourth-order valence-electron chi connectivity index (χ4n) is 4.81. The highest BCUT2D eigenvalue weighted by Crippen LogP contribution is 2.20. The van der Waals surface area contributed by atoms with Gasteiger partial charge in [-0.15, -0.1) is 0 Å². The highest BCUT2D eigenvalue weighted by Gasteiger charge is 2.37. The van der Waals surface area contributed by atoms with Crippen molar-refractivity contribution in [3.05, 3.63) is 30.3 Å². The molecular formula is C23H33N5O3. The molecule has 8 nitrogen and oxygen atoms in total. The maximum Gasteiger partial charge on any atom is 0.318 e. The third-order valence-corrected chi connectivity index (χ3v) is 6.65. The van der Waals surface area contributed by atoms with Crippen LogP contribution >= 0.6 is 0 Å². The van der Waals surface area contributed by atoms with E-state index in [1.165, 1.54) is 6.42 Å². The first kappa shape index (κ1) is 21.5. The van der Waals surface area contributed by atoms with Crippen LogP contribution in [0.4, 0.5) is 10.5 Å². The predicted molar refractivity (Wildman–Crippen MR) is 119 cm³/mol. The molecule has 3 fully saturated rings. The van der Waals surface area contributed by atoms with Gasteiger partial charge >= 0.3 is 6.03 Å². The third kappa shape index (κ3) is 5.29. The Labute approximate surface area is 183 Å². The maximum absolute atomic E-state index is 13.0. The first-order valence-electron chi connectivity index (χ1n) is 11.5. The van der Waals surface area contributed by atoms with Crippen molar-refractivity contribution >= 4 is 23.5 Å². The van der Waals surface area contributed by atoms with E-state index in [4.69, 9.17) is 0 Å². The van der Waals surface area contributed by atoms with Crippen molar-refractivity contribution in [1.29, 1.82) is 0 Å². The van der Waals surface area contributed by atoms with Crippen LogP contribution in [0.25, 0.3) is 0 Å². The number of nitrogens with zero attached hydrogens (tertiary/aromatic N) is 3. The van der Waals surface area contributed by atoms with Gasteiger partial charge in [-0.3, -0.25) is 9.59 Å². The molecule has 0 spiro atoms. The molecule has 0 aromatic heterocycles. The Morgan fingerprint density at radius 1 is 0.968 bits per heavy atom. The number of benzene rings is 1. The van der Waals surface area contributed by atoms with E-state index in [1.807, 2.05) is 23.1 Å². The van der Waals surface area contributed by atoms with Gasteiger partial charge in [0.15, 0.2) is 0 Å². The first-order valence-corrected chi connectivity index (χ1v) is 11.5. The number of piperazine rings is 2. The second-order valence-corrected chi connectivity index (χ2v) is 8.69. The molecule has 8 heteroatoms. The number of carbonyl (C=O) groups excluding carboxylic acids is 3. The lowest BCUT2D eigenvalue weighted by molar-refractivity contribution is -0.137. The van der Waals surface area contributed by atoms with Gasteiger partial charge < -0.3 is 25.3 Å². The lowest BCUT2D eigenvalue weighted by Crippen LogP contribution is -2.61. The molecule has 0 bridgehead atoms. The topological polar surface area (TPSA) is 85.0 Å². The molecule has 168 valence electrons. The molecule has 1 aromatic rings. The lowest BCUT2D eigenvalue weighted by atomic mass is 9.95. The molecule has 31 heavy (non-hydrogen) atoms. The Kier molecular flexibility index (Phi) is 6.94. The van der Waals surface area contributed by atoms with Crippen LogP contribution in [0.15, 0.2) is 30.3 Å². The number of amides is 4. The SMILES string of the molecule is O=C1NCCN(C(=O)NC2CCCCC2)[C@H]1CC(=O)N1CCN(c2ccccc2)CC1. The third-order valence-electron chi connectivity index (χ3n) is 6.65. The summed E-state index contributed by atoms with van der Waals surface area (Å²) in [5.41, 5.74) is 1.16. The summed E-state index contributed by atoms with van der Waals surface area (Å²) in [7, 11) is 0. The highest BCUT2D eigenvalue weighted by atomic mass is 16.2. The van der Waals surface area contributed by atoms with E-state index in [2.05, 4.69) is 27.7 Å². The molecule has 2 heterocycles. The summed E-state index contributed by atoms with van der Waals surface area (Å²) in [6.45, 7) is 3.63. The van der Waals surface area contributed by atoms with E-state index in [0.29, 0.717) is 26.2 Å². The molecule has 1 atom stereocenters. The second kappa shape index (κ2) is 10.0. The summed E-state index contributed by atoms with van der Waals surface area (Å²) >= 11 is 0. The van der Waals surface area contributed by atoms with Gasteiger partial charge in [-0.2, -0.15) is 0 Å². The molecule has 2 aliphatic heterocycles. The van der Waals surface area contributed by atoms with Gasteiger partial charge in [0, 0.05) is 51.0 Å². The van der Waals surface area contributed by atoms with E-state index in [0.717, 1.165) is 44.5 Å². The van der Waals surface area contributed by atoms with E-state index in [9.17, 15) is 14.4 Å². The Bertz CT molecular complexity index is 773. The van der Waals surface area contributed by atoms with Crippen molar-refractivity contribution in [1.82, 2.24) is 20.4 Å². The normalized spacial score (nSPS) is 22.8. The van der Waals surface area contributed by atoms with Crippen molar-refractivity contribution in [2.75, 3.05) is 44.2 Å². The fourth-order valence-corrected chi connectivity index (χ4v) is 4.81. The van der Waals surface area contributed by atoms with E-state index in [1.54, 1.807) is 4.90 Å². The number of nitrogens with one attached hydrogen (secondary N) is 2. The monoisotopic (exact) mass is 427 g/mol. The molecule has 0 radical (unpaired) electrons. The molecule has 3 aliphatic rings. The van der Waals surface area contributed by atoms with Crippen LogP contribution in [0.5, 0.6) is 0 Å². The smallest absolute Gasteiger partial charge is 0.318 e. The van der Waals surface area contributed by atoms with Crippen molar-refractivity contribution in [2.45, 2.75) is 50.6 Å². The van der Waals surface area contributed by atoms with Crippen LogP contribution in [0.3, 0.4) is 0 Å². The van der Waals surface area contributed by atoms with Crippen LogP contribution < -0.4 is 15.5 Å². The van der Waals surface area contributed by atoms with Gasteiger partial charge in [-0.25, -0.2) is 4.79 Å². The molecule has 4 rings (SSSR count). The average molecular weight is 428 g/mol. The van der Waals surface area contributed by atoms with Crippen molar-refractivity contribution in [3.8, 4) is 0 Å². The number of para-hydroxylation sites is 1. The first-order chi connectivity index (χ1) is 15.1. The molecule has 1 aromatic carbocycles. The van der Waals surface area contributed by atoms with Gasteiger partial charge in [0.2, 0.25) is 11.8 Å². The van der Waals surface area contributed by atoms with E-state index >= 15 is 0 Å². The summed E-state index contributed by atoms with van der Waals surface area (Å²) in [6.07, 6.45) is 5.48. The number of urea groups is 1. The van der Waals surface area contributed by atoms with Crippen LogP contribution in [0.1, 0.15) is 38.5 Å². The minimum Gasteiger partial charge on any atom is -0.368 e. The Hall–Kier alpha value is -2.77. The largest absolute Gasteiger partial charge is 0.368 e. The Balaban J connectivity index is 1.33. The van der Waals surface area contributed by atoms with E-state index in [-0.39, 0.29) is 30.3 Å². The van der Waals surface area contributed by atoms with Crippen LogP contribution in [0.2, 0.25) is 0 Å². The summed E-state index contributed by atoms with van der Waals surface area (Å²) in [5.74, 6) is -0.299. The minimum atomic E-state index is -0.739. The van der Waals surface area contributed by atoms with Crippen LogP contribution in [-0.4, -0.2) is 79.0 Å².